The number of thiazole rings is 1. The molecule has 22 heavy (non-hydrogen) atoms. The number of aliphatic imine (C=N–C) groups is 1. The standard InChI is InChI=1S/C15H18ClFN4S/c1-10-19-7-11(22-10)8-20-15(18-2)21(3)9-12-13(16)5-4-6-14(12)17/h4-7H,8-9H2,1-3H3,(H,18,20). The van der Waals surface area contributed by atoms with Crippen LogP contribution in [0.1, 0.15) is 15.4 Å². The van der Waals surface area contributed by atoms with Gasteiger partial charge >= 0.3 is 0 Å². The van der Waals surface area contributed by atoms with Crippen LogP contribution in [0.4, 0.5) is 4.39 Å². The molecule has 0 atom stereocenters. The minimum Gasteiger partial charge on any atom is -0.351 e. The van der Waals surface area contributed by atoms with Gasteiger partial charge in [0.25, 0.3) is 0 Å². The molecule has 0 aliphatic heterocycles. The largest absolute Gasteiger partial charge is 0.351 e. The van der Waals surface area contributed by atoms with Gasteiger partial charge in [-0.1, -0.05) is 17.7 Å². The smallest absolute Gasteiger partial charge is 0.193 e. The lowest BCUT2D eigenvalue weighted by molar-refractivity contribution is 0.461. The third-order valence-electron chi connectivity index (χ3n) is 3.12. The molecule has 0 fully saturated rings. The van der Waals surface area contributed by atoms with Crippen molar-refractivity contribution in [3.05, 3.63) is 50.7 Å². The van der Waals surface area contributed by atoms with Crippen LogP contribution in [0.3, 0.4) is 0 Å². The Kier molecular flexibility index (Phi) is 5.74. The summed E-state index contributed by atoms with van der Waals surface area (Å²) in [6.07, 6.45) is 1.84. The van der Waals surface area contributed by atoms with Gasteiger partial charge in [-0.25, -0.2) is 9.37 Å². The summed E-state index contributed by atoms with van der Waals surface area (Å²) in [6, 6.07) is 4.69. The van der Waals surface area contributed by atoms with Crippen molar-refractivity contribution in [2.75, 3.05) is 14.1 Å². The molecule has 0 saturated heterocycles. The zero-order valence-corrected chi connectivity index (χ0v) is 14.3. The summed E-state index contributed by atoms with van der Waals surface area (Å²) in [6.45, 7) is 2.94. The van der Waals surface area contributed by atoms with E-state index in [1.54, 1.807) is 30.5 Å². The van der Waals surface area contributed by atoms with Gasteiger partial charge in [-0.05, 0) is 19.1 Å². The van der Waals surface area contributed by atoms with Crippen molar-refractivity contribution in [1.82, 2.24) is 15.2 Å². The molecule has 0 aliphatic carbocycles. The Morgan fingerprint density at radius 2 is 2.27 bits per heavy atom. The summed E-state index contributed by atoms with van der Waals surface area (Å²) in [4.78, 5) is 11.4. The Morgan fingerprint density at radius 1 is 1.50 bits per heavy atom. The van der Waals surface area contributed by atoms with Crippen LogP contribution in [0.25, 0.3) is 0 Å². The normalized spacial score (nSPS) is 11.6. The summed E-state index contributed by atoms with van der Waals surface area (Å²) in [5, 5.41) is 4.68. The Labute approximate surface area is 138 Å². The molecule has 1 heterocycles. The van der Waals surface area contributed by atoms with Gasteiger partial charge in [0.15, 0.2) is 5.96 Å². The summed E-state index contributed by atoms with van der Waals surface area (Å²) < 4.78 is 13.9. The predicted molar refractivity (Wildman–Crippen MR) is 89.9 cm³/mol. The van der Waals surface area contributed by atoms with Crippen LogP contribution < -0.4 is 5.32 Å². The van der Waals surface area contributed by atoms with Crippen molar-refractivity contribution < 1.29 is 4.39 Å². The Balaban J connectivity index is 2.01. The maximum absolute atomic E-state index is 13.9. The van der Waals surface area contributed by atoms with Crippen molar-refractivity contribution in [1.29, 1.82) is 0 Å². The number of hydrogen-bond acceptors (Lipinski definition) is 3. The minimum absolute atomic E-state index is 0.312. The second-order valence-electron chi connectivity index (χ2n) is 4.80. The van der Waals surface area contributed by atoms with E-state index in [9.17, 15) is 4.39 Å². The van der Waals surface area contributed by atoms with Gasteiger partial charge in [0.1, 0.15) is 5.82 Å². The van der Waals surface area contributed by atoms with E-state index in [-0.39, 0.29) is 5.82 Å². The van der Waals surface area contributed by atoms with Crippen molar-refractivity contribution in [2.45, 2.75) is 20.0 Å². The molecule has 0 aliphatic rings. The van der Waals surface area contributed by atoms with Gasteiger partial charge in [-0.3, -0.25) is 4.99 Å². The molecule has 1 aromatic carbocycles. The lowest BCUT2D eigenvalue weighted by Crippen LogP contribution is -2.38. The molecule has 7 heteroatoms. The summed E-state index contributed by atoms with van der Waals surface area (Å²) in [5.74, 6) is 0.359. The van der Waals surface area contributed by atoms with Crippen molar-refractivity contribution in [3.63, 3.8) is 0 Å². The van der Waals surface area contributed by atoms with Crippen LogP contribution in [0.5, 0.6) is 0 Å². The lowest BCUT2D eigenvalue weighted by atomic mass is 10.2. The van der Waals surface area contributed by atoms with E-state index in [2.05, 4.69) is 15.3 Å². The number of nitrogens with zero attached hydrogens (tertiary/aromatic N) is 3. The first-order valence-electron chi connectivity index (χ1n) is 6.77. The molecular formula is C15H18ClFN4S. The number of hydrogen-bond donors (Lipinski definition) is 1. The molecule has 1 N–H and O–H groups in total. The number of aryl methyl sites for hydroxylation is 1. The second-order valence-corrected chi connectivity index (χ2v) is 6.53. The SMILES string of the molecule is CN=C(NCc1cnc(C)s1)N(C)Cc1c(F)cccc1Cl. The van der Waals surface area contributed by atoms with E-state index in [0.29, 0.717) is 29.6 Å². The molecule has 0 radical (unpaired) electrons. The van der Waals surface area contributed by atoms with Crippen LogP contribution in [0.15, 0.2) is 29.4 Å². The molecule has 0 saturated carbocycles. The first-order valence-corrected chi connectivity index (χ1v) is 7.96. The lowest BCUT2D eigenvalue weighted by Gasteiger charge is -2.22. The zero-order chi connectivity index (χ0) is 16.1. The van der Waals surface area contributed by atoms with Crippen LogP contribution >= 0.6 is 22.9 Å². The average molecular weight is 341 g/mol. The quantitative estimate of drug-likeness (QED) is 0.684. The molecule has 4 nitrogen and oxygen atoms in total. The van der Waals surface area contributed by atoms with Crippen LogP contribution in [0.2, 0.25) is 5.02 Å². The first kappa shape index (κ1) is 16.7. The molecule has 0 amide bonds. The summed E-state index contributed by atoms with van der Waals surface area (Å²) in [5.41, 5.74) is 0.461. The van der Waals surface area contributed by atoms with E-state index >= 15 is 0 Å². The third kappa shape index (κ3) is 4.18. The Morgan fingerprint density at radius 3 is 2.86 bits per heavy atom. The number of guanidine groups is 1. The van der Waals surface area contributed by atoms with Crippen molar-refractivity contribution in [2.24, 2.45) is 4.99 Å². The Bertz CT molecular complexity index is 651. The fraction of sp³-hybridized carbons (Fsp3) is 0.333. The molecule has 2 aromatic rings. The number of halogens is 2. The summed E-state index contributed by atoms with van der Waals surface area (Å²) >= 11 is 7.70. The molecular weight excluding hydrogens is 323 g/mol. The number of benzene rings is 1. The molecule has 2 rings (SSSR count). The van der Waals surface area contributed by atoms with E-state index < -0.39 is 0 Å². The molecule has 118 valence electrons. The van der Waals surface area contributed by atoms with Gasteiger partial charge < -0.3 is 10.2 Å². The highest BCUT2D eigenvalue weighted by Crippen LogP contribution is 2.20. The van der Waals surface area contributed by atoms with Crippen molar-refractivity contribution >= 4 is 28.9 Å². The van der Waals surface area contributed by atoms with Crippen LogP contribution in [-0.2, 0) is 13.1 Å². The van der Waals surface area contributed by atoms with E-state index in [4.69, 9.17) is 11.6 Å². The maximum Gasteiger partial charge on any atom is 0.193 e. The topological polar surface area (TPSA) is 40.5 Å². The van der Waals surface area contributed by atoms with Gasteiger partial charge in [0.05, 0.1) is 11.6 Å². The van der Waals surface area contributed by atoms with Crippen molar-refractivity contribution in [3.8, 4) is 0 Å². The molecule has 1 aromatic heterocycles. The van der Waals surface area contributed by atoms with Crippen LogP contribution in [-0.4, -0.2) is 29.9 Å². The number of nitrogens with one attached hydrogen (secondary N) is 1. The number of aromatic nitrogens is 1. The monoisotopic (exact) mass is 340 g/mol. The maximum atomic E-state index is 13.9. The average Bonchev–Trinajstić information content (AvgIpc) is 2.89. The molecule has 0 bridgehead atoms. The minimum atomic E-state index is -0.312. The van der Waals surface area contributed by atoms with Gasteiger partial charge in [0, 0.05) is 42.3 Å². The van der Waals surface area contributed by atoms with Crippen LogP contribution in [0, 0.1) is 12.7 Å². The summed E-state index contributed by atoms with van der Waals surface area (Å²) in [7, 11) is 3.54. The van der Waals surface area contributed by atoms with Gasteiger partial charge in [-0.15, -0.1) is 11.3 Å². The molecule has 0 unspecified atom stereocenters. The second kappa shape index (κ2) is 7.56. The first-order chi connectivity index (χ1) is 10.5. The van der Waals surface area contributed by atoms with E-state index in [1.165, 1.54) is 6.07 Å². The fourth-order valence-electron chi connectivity index (χ4n) is 2.03. The molecule has 0 spiro atoms. The van der Waals surface area contributed by atoms with Gasteiger partial charge in [0.2, 0.25) is 0 Å². The van der Waals surface area contributed by atoms with E-state index in [0.717, 1.165) is 9.88 Å². The number of rotatable bonds is 4. The Hall–Kier alpha value is -1.66. The zero-order valence-electron chi connectivity index (χ0n) is 12.7. The highest BCUT2D eigenvalue weighted by Gasteiger charge is 2.13. The highest BCUT2D eigenvalue weighted by molar-refractivity contribution is 7.11. The third-order valence-corrected chi connectivity index (χ3v) is 4.39. The fourth-order valence-corrected chi connectivity index (χ4v) is 2.99. The highest BCUT2D eigenvalue weighted by atomic mass is 35.5. The predicted octanol–water partition coefficient (Wildman–Crippen LogP) is 3.45. The van der Waals surface area contributed by atoms with Gasteiger partial charge in [-0.2, -0.15) is 0 Å². The van der Waals surface area contributed by atoms with E-state index in [1.807, 2.05) is 25.1 Å².